The van der Waals surface area contributed by atoms with Crippen LogP contribution in [0.25, 0.3) is 0 Å². The van der Waals surface area contributed by atoms with Gasteiger partial charge in [0, 0.05) is 17.0 Å². The van der Waals surface area contributed by atoms with Crippen molar-refractivity contribution in [3.63, 3.8) is 0 Å². The summed E-state index contributed by atoms with van der Waals surface area (Å²) in [6.07, 6.45) is 3.87. The molecule has 1 aliphatic rings. The highest BCUT2D eigenvalue weighted by Crippen LogP contribution is 2.29. The number of nitrogens with one attached hydrogen (secondary N) is 1. The van der Waals surface area contributed by atoms with Gasteiger partial charge < -0.3 is 11.1 Å². The largest absolute Gasteiger partial charge is 0.399 e. The van der Waals surface area contributed by atoms with E-state index in [2.05, 4.69) is 12.2 Å². The molecular formula is C15H22N2OS. The van der Waals surface area contributed by atoms with Gasteiger partial charge in [-0.3, -0.25) is 4.79 Å². The van der Waals surface area contributed by atoms with Crippen LogP contribution in [0, 0.1) is 0 Å². The van der Waals surface area contributed by atoms with Crippen molar-refractivity contribution >= 4 is 23.4 Å². The van der Waals surface area contributed by atoms with E-state index in [9.17, 15) is 4.79 Å². The van der Waals surface area contributed by atoms with E-state index in [-0.39, 0.29) is 5.91 Å². The molecule has 1 fully saturated rings. The van der Waals surface area contributed by atoms with E-state index in [0.29, 0.717) is 18.2 Å². The molecule has 3 nitrogen and oxygen atoms in total. The fraction of sp³-hybridized carbons (Fsp3) is 0.533. The fourth-order valence-electron chi connectivity index (χ4n) is 2.63. The highest BCUT2D eigenvalue weighted by Gasteiger charge is 2.25. The molecular weight excluding hydrogens is 256 g/mol. The molecule has 0 heterocycles. The molecule has 0 aromatic heterocycles. The third-order valence-corrected chi connectivity index (χ3v) is 4.70. The first-order valence-corrected chi connectivity index (χ1v) is 7.97. The van der Waals surface area contributed by atoms with Crippen molar-refractivity contribution in [3.05, 3.63) is 29.8 Å². The lowest BCUT2D eigenvalue weighted by Gasteiger charge is -2.13. The van der Waals surface area contributed by atoms with Crippen molar-refractivity contribution in [1.29, 1.82) is 0 Å². The van der Waals surface area contributed by atoms with E-state index in [1.54, 1.807) is 0 Å². The number of anilines is 1. The second-order valence-electron chi connectivity index (χ2n) is 5.08. The molecule has 2 rings (SSSR count). The molecule has 104 valence electrons. The summed E-state index contributed by atoms with van der Waals surface area (Å²) in [4.78, 5) is 12.0. The van der Waals surface area contributed by atoms with Crippen LogP contribution in [0.5, 0.6) is 0 Å². The predicted molar refractivity (Wildman–Crippen MR) is 82.3 cm³/mol. The second kappa shape index (κ2) is 6.85. The maximum absolute atomic E-state index is 12.0. The van der Waals surface area contributed by atoms with E-state index < -0.39 is 0 Å². The number of nitrogens with two attached hydrogens (primary N) is 1. The van der Waals surface area contributed by atoms with Crippen molar-refractivity contribution in [2.75, 3.05) is 11.5 Å². The molecule has 0 aliphatic heterocycles. The van der Waals surface area contributed by atoms with Crippen LogP contribution in [-0.4, -0.2) is 23.0 Å². The maximum Gasteiger partial charge on any atom is 0.224 e. The molecule has 2 atom stereocenters. The van der Waals surface area contributed by atoms with Gasteiger partial charge in [-0.15, -0.1) is 0 Å². The van der Waals surface area contributed by atoms with Gasteiger partial charge in [0.2, 0.25) is 5.91 Å². The zero-order valence-electron chi connectivity index (χ0n) is 11.4. The molecule has 0 saturated heterocycles. The van der Waals surface area contributed by atoms with E-state index in [4.69, 9.17) is 5.73 Å². The summed E-state index contributed by atoms with van der Waals surface area (Å²) in [5.74, 6) is 1.27. The molecule has 4 heteroatoms. The average Bonchev–Trinajstić information content (AvgIpc) is 2.77. The zero-order valence-corrected chi connectivity index (χ0v) is 12.2. The summed E-state index contributed by atoms with van der Waals surface area (Å²) in [6, 6.07) is 7.90. The lowest BCUT2D eigenvalue weighted by atomic mass is 10.1. The predicted octanol–water partition coefficient (Wildman–Crippen LogP) is 2.60. The first kappa shape index (κ1) is 14.3. The SMILES string of the molecule is CCSC1CCC(NC(=O)Cc2cccc(N)c2)C1. The Bertz CT molecular complexity index is 436. The number of rotatable bonds is 5. The van der Waals surface area contributed by atoms with Crippen molar-refractivity contribution in [1.82, 2.24) is 5.32 Å². The molecule has 1 amide bonds. The van der Waals surface area contributed by atoms with Crippen LogP contribution in [0.15, 0.2) is 24.3 Å². The van der Waals surface area contributed by atoms with Gasteiger partial charge in [0.25, 0.3) is 0 Å². The smallest absolute Gasteiger partial charge is 0.224 e. The summed E-state index contributed by atoms with van der Waals surface area (Å²) >= 11 is 2.01. The third kappa shape index (κ3) is 4.46. The Labute approximate surface area is 119 Å². The number of benzene rings is 1. The van der Waals surface area contributed by atoms with Crippen LogP contribution in [0.2, 0.25) is 0 Å². The van der Waals surface area contributed by atoms with Crippen LogP contribution in [-0.2, 0) is 11.2 Å². The van der Waals surface area contributed by atoms with E-state index >= 15 is 0 Å². The second-order valence-corrected chi connectivity index (χ2v) is 6.65. The van der Waals surface area contributed by atoms with Crippen molar-refractivity contribution in [2.45, 2.75) is 43.9 Å². The Hall–Kier alpha value is -1.16. The monoisotopic (exact) mass is 278 g/mol. The van der Waals surface area contributed by atoms with Gasteiger partial charge in [-0.2, -0.15) is 11.8 Å². The molecule has 3 N–H and O–H groups in total. The Morgan fingerprint density at radius 3 is 3.05 bits per heavy atom. The van der Waals surface area contributed by atoms with Gasteiger partial charge in [-0.05, 0) is 42.7 Å². The van der Waals surface area contributed by atoms with E-state index in [1.165, 1.54) is 6.42 Å². The van der Waals surface area contributed by atoms with Gasteiger partial charge >= 0.3 is 0 Å². The molecule has 0 spiro atoms. The van der Waals surface area contributed by atoms with Gasteiger partial charge in [0.15, 0.2) is 0 Å². The molecule has 1 saturated carbocycles. The lowest BCUT2D eigenvalue weighted by Crippen LogP contribution is -2.34. The Morgan fingerprint density at radius 2 is 2.32 bits per heavy atom. The molecule has 0 radical (unpaired) electrons. The van der Waals surface area contributed by atoms with Crippen molar-refractivity contribution in [3.8, 4) is 0 Å². The van der Waals surface area contributed by atoms with Crippen molar-refractivity contribution < 1.29 is 4.79 Å². The minimum Gasteiger partial charge on any atom is -0.399 e. The number of carbonyl (C=O) groups is 1. The number of amides is 1. The highest BCUT2D eigenvalue weighted by molar-refractivity contribution is 7.99. The molecule has 1 aromatic carbocycles. The summed E-state index contributed by atoms with van der Waals surface area (Å²) < 4.78 is 0. The maximum atomic E-state index is 12.0. The minimum absolute atomic E-state index is 0.109. The van der Waals surface area contributed by atoms with E-state index in [0.717, 1.165) is 29.4 Å². The minimum atomic E-state index is 0.109. The third-order valence-electron chi connectivity index (χ3n) is 3.47. The molecule has 0 bridgehead atoms. The first-order valence-electron chi connectivity index (χ1n) is 6.92. The van der Waals surface area contributed by atoms with Crippen LogP contribution in [0.4, 0.5) is 5.69 Å². The number of thioether (sulfide) groups is 1. The van der Waals surface area contributed by atoms with Gasteiger partial charge in [-0.25, -0.2) is 0 Å². The Kier molecular flexibility index (Phi) is 5.14. The van der Waals surface area contributed by atoms with Crippen LogP contribution < -0.4 is 11.1 Å². The highest BCUT2D eigenvalue weighted by atomic mass is 32.2. The fourth-order valence-corrected chi connectivity index (χ4v) is 3.77. The average molecular weight is 278 g/mol. The molecule has 1 aromatic rings. The zero-order chi connectivity index (χ0) is 13.7. The summed E-state index contributed by atoms with van der Waals surface area (Å²) in [5, 5.41) is 3.87. The van der Waals surface area contributed by atoms with Gasteiger partial charge in [0.1, 0.15) is 0 Å². The normalized spacial score (nSPS) is 22.4. The Morgan fingerprint density at radius 1 is 1.47 bits per heavy atom. The van der Waals surface area contributed by atoms with Crippen molar-refractivity contribution in [2.24, 2.45) is 0 Å². The molecule has 2 unspecified atom stereocenters. The Balaban J connectivity index is 1.79. The van der Waals surface area contributed by atoms with Crippen LogP contribution in [0.1, 0.15) is 31.7 Å². The van der Waals surface area contributed by atoms with E-state index in [1.807, 2.05) is 36.0 Å². The van der Waals surface area contributed by atoms with Crippen LogP contribution >= 0.6 is 11.8 Å². The van der Waals surface area contributed by atoms with Gasteiger partial charge in [0.05, 0.1) is 6.42 Å². The quantitative estimate of drug-likeness (QED) is 0.814. The number of carbonyl (C=O) groups excluding carboxylic acids is 1. The molecule has 1 aliphatic carbocycles. The lowest BCUT2D eigenvalue weighted by molar-refractivity contribution is -0.121. The summed E-state index contributed by atoms with van der Waals surface area (Å²) in [7, 11) is 0. The topological polar surface area (TPSA) is 55.1 Å². The number of hydrogen-bond acceptors (Lipinski definition) is 3. The van der Waals surface area contributed by atoms with Crippen LogP contribution in [0.3, 0.4) is 0 Å². The number of hydrogen-bond donors (Lipinski definition) is 2. The van der Waals surface area contributed by atoms with Gasteiger partial charge in [-0.1, -0.05) is 19.1 Å². The molecule has 19 heavy (non-hydrogen) atoms. The standard InChI is InChI=1S/C15H22N2OS/c1-2-19-14-7-6-13(10-14)17-15(18)9-11-4-3-5-12(16)8-11/h3-5,8,13-14H,2,6-7,9-10,16H2,1H3,(H,17,18). The summed E-state index contributed by atoms with van der Waals surface area (Å²) in [5.41, 5.74) is 7.41. The first-order chi connectivity index (χ1) is 9.17. The number of nitrogen functional groups attached to an aromatic ring is 1. The summed E-state index contributed by atoms with van der Waals surface area (Å²) in [6.45, 7) is 2.19.